The molecule has 0 saturated heterocycles. The van der Waals surface area contributed by atoms with Crippen molar-refractivity contribution in [1.29, 1.82) is 0 Å². The Balaban J connectivity index is 1.98. The van der Waals surface area contributed by atoms with Crippen LogP contribution in [0.4, 0.5) is 0 Å². The van der Waals surface area contributed by atoms with Gasteiger partial charge >= 0.3 is 0 Å². The average molecular weight is 282 g/mol. The molecule has 0 spiro atoms. The standard InChI is InChI=1S/C12H9Cl2N3O/c13-9-3-1-8(2-4-9)5-16-12(18)10-6-15-7-11(14)17-10/h1-4,6-7H,5H2,(H,16,18). The van der Waals surface area contributed by atoms with Crippen LogP contribution in [0.15, 0.2) is 36.7 Å². The van der Waals surface area contributed by atoms with Crippen molar-refractivity contribution in [3.8, 4) is 0 Å². The van der Waals surface area contributed by atoms with Crippen molar-refractivity contribution >= 4 is 29.1 Å². The number of hydrogen-bond donors (Lipinski definition) is 1. The molecule has 1 aromatic carbocycles. The molecule has 0 atom stereocenters. The minimum absolute atomic E-state index is 0.189. The number of carbonyl (C=O) groups excluding carboxylic acids is 1. The van der Waals surface area contributed by atoms with Crippen molar-refractivity contribution in [3.63, 3.8) is 0 Å². The maximum absolute atomic E-state index is 11.7. The Morgan fingerprint density at radius 2 is 1.89 bits per heavy atom. The molecule has 1 amide bonds. The van der Waals surface area contributed by atoms with E-state index in [1.165, 1.54) is 12.4 Å². The highest BCUT2D eigenvalue weighted by Gasteiger charge is 2.07. The van der Waals surface area contributed by atoms with E-state index in [9.17, 15) is 4.79 Å². The van der Waals surface area contributed by atoms with Gasteiger partial charge in [0, 0.05) is 11.6 Å². The quantitative estimate of drug-likeness (QED) is 0.941. The molecule has 1 aromatic heterocycles. The number of nitrogens with zero attached hydrogens (tertiary/aromatic N) is 2. The van der Waals surface area contributed by atoms with E-state index >= 15 is 0 Å². The van der Waals surface area contributed by atoms with Crippen LogP contribution < -0.4 is 5.32 Å². The van der Waals surface area contributed by atoms with Crippen LogP contribution in [0.1, 0.15) is 16.1 Å². The number of carbonyl (C=O) groups is 1. The molecule has 0 fully saturated rings. The monoisotopic (exact) mass is 281 g/mol. The van der Waals surface area contributed by atoms with E-state index < -0.39 is 0 Å². The Bertz CT molecular complexity index is 558. The highest BCUT2D eigenvalue weighted by Crippen LogP contribution is 2.09. The number of rotatable bonds is 3. The first-order valence-corrected chi connectivity index (χ1v) is 5.91. The third-order valence-corrected chi connectivity index (χ3v) is 2.64. The van der Waals surface area contributed by atoms with Gasteiger partial charge < -0.3 is 5.32 Å². The van der Waals surface area contributed by atoms with Crippen LogP contribution in [0.5, 0.6) is 0 Å². The van der Waals surface area contributed by atoms with Crippen molar-refractivity contribution in [1.82, 2.24) is 15.3 Å². The van der Waals surface area contributed by atoms with Gasteiger partial charge in [0.15, 0.2) is 0 Å². The molecule has 0 unspecified atom stereocenters. The minimum Gasteiger partial charge on any atom is -0.347 e. The van der Waals surface area contributed by atoms with Gasteiger partial charge in [0.1, 0.15) is 10.8 Å². The van der Waals surface area contributed by atoms with Gasteiger partial charge in [-0.05, 0) is 17.7 Å². The molecule has 1 N–H and O–H groups in total. The Hall–Kier alpha value is -1.65. The summed E-state index contributed by atoms with van der Waals surface area (Å²) in [5.41, 5.74) is 1.14. The first kappa shape index (κ1) is 12.8. The second kappa shape index (κ2) is 5.80. The molecule has 2 rings (SSSR count). The number of nitrogens with one attached hydrogen (secondary N) is 1. The van der Waals surface area contributed by atoms with Crippen molar-refractivity contribution in [2.75, 3.05) is 0 Å². The van der Waals surface area contributed by atoms with E-state index in [2.05, 4.69) is 15.3 Å². The highest BCUT2D eigenvalue weighted by atomic mass is 35.5. The lowest BCUT2D eigenvalue weighted by molar-refractivity contribution is 0.0945. The van der Waals surface area contributed by atoms with Gasteiger partial charge in [0.2, 0.25) is 0 Å². The van der Waals surface area contributed by atoms with Gasteiger partial charge in [-0.2, -0.15) is 0 Å². The molecule has 2 aromatic rings. The molecule has 92 valence electrons. The average Bonchev–Trinajstić information content (AvgIpc) is 2.38. The van der Waals surface area contributed by atoms with E-state index in [4.69, 9.17) is 23.2 Å². The second-order valence-electron chi connectivity index (χ2n) is 3.54. The summed E-state index contributed by atoms with van der Waals surface area (Å²) in [6.07, 6.45) is 2.74. The first-order chi connectivity index (χ1) is 8.65. The van der Waals surface area contributed by atoms with Crippen LogP contribution in [-0.4, -0.2) is 15.9 Å². The molecule has 6 heteroatoms. The van der Waals surface area contributed by atoms with Gasteiger partial charge in [-0.15, -0.1) is 0 Å². The molecule has 0 saturated carbocycles. The van der Waals surface area contributed by atoms with Crippen LogP contribution in [0.25, 0.3) is 0 Å². The normalized spacial score (nSPS) is 10.1. The topological polar surface area (TPSA) is 54.9 Å². The molecule has 1 heterocycles. The molecule has 0 aliphatic rings. The first-order valence-electron chi connectivity index (χ1n) is 5.15. The summed E-state index contributed by atoms with van der Waals surface area (Å²) < 4.78 is 0. The minimum atomic E-state index is -0.319. The van der Waals surface area contributed by atoms with E-state index in [1.54, 1.807) is 12.1 Å². The predicted octanol–water partition coefficient (Wildman–Crippen LogP) is 2.71. The van der Waals surface area contributed by atoms with E-state index in [-0.39, 0.29) is 16.8 Å². The van der Waals surface area contributed by atoms with Crippen LogP contribution >= 0.6 is 23.2 Å². The maximum atomic E-state index is 11.7. The summed E-state index contributed by atoms with van der Waals surface area (Å²) in [5.74, 6) is -0.319. The summed E-state index contributed by atoms with van der Waals surface area (Å²) in [6.45, 7) is 0.393. The largest absolute Gasteiger partial charge is 0.347 e. The third-order valence-electron chi connectivity index (χ3n) is 2.20. The second-order valence-corrected chi connectivity index (χ2v) is 4.36. The Kier molecular flexibility index (Phi) is 4.12. The number of benzene rings is 1. The van der Waals surface area contributed by atoms with Gasteiger partial charge in [-0.25, -0.2) is 4.98 Å². The number of halogens is 2. The number of amides is 1. The van der Waals surface area contributed by atoms with E-state index in [1.807, 2.05) is 12.1 Å². The number of aromatic nitrogens is 2. The van der Waals surface area contributed by atoms with Gasteiger partial charge in [0.05, 0.1) is 12.4 Å². The van der Waals surface area contributed by atoms with Gasteiger partial charge in [-0.1, -0.05) is 35.3 Å². The Morgan fingerprint density at radius 3 is 2.56 bits per heavy atom. The molecule has 4 nitrogen and oxygen atoms in total. The Morgan fingerprint density at radius 1 is 1.17 bits per heavy atom. The number of hydrogen-bond acceptors (Lipinski definition) is 3. The van der Waals surface area contributed by atoms with Crippen molar-refractivity contribution in [2.24, 2.45) is 0 Å². The summed E-state index contributed by atoms with van der Waals surface area (Å²) in [5, 5.41) is 3.57. The lowest BCUT2D eigenvalue weighted by Crippen LogP contribution is -2.23. The van der Waals surface area contributed by atoms with Crippen LogP contribution in [0.3, 0.4) is 0 Å². The van der Waals surface area contributed by atoms with Gasteiger partial charge in [-0.3, -0.25) is 9.78 Å². The highest BCUT2D eigenvalue weighted by molar-refractivity contribution is 6.30. The lowest BCUT2D eigenvalue weighted by Gasteiger charge is -2.04. The fourth-order valence-electron chi connectivity index (χ4n) is 1.33. The zero-order chi connectivity index (χ0) is 13.0. The molecular weight excluding hydrogens is 273 g/mol. The van der Waals surface area contributed by atoms with Crippen LogP contribution in [0.2, 0.25) is 10.2 Å². The zero-order valence-corrected chi connectivity index (χ0v) is 10.7. The molecule has 0 bridgehead atoms. The molecule has 0 radical (unpaired) electrons. The molecular formula is C12H9Cl2N3O. The zero-order valence-electron chi connectivity index (χ0n) is 9.23. The summed E-state index contributed by atoms with van der Waals surface area (Å²) in [6, 6.07) is 7.21. The molecule has 0 aliphatic heterocycles. The van der Waals surface area contributed by atoms with Crippen molar-refractivity contribution in [2.45, 2.75) is 6.54 Å². The van der Waals surface area contributed by atoms with E-state index in [0.29, 0.717) is 11.6 Å². The maximum Gasteiger partial charge on any atom is 0.271 e. The summed E-state index contributed by atoms with van der Waals surface area (Å²) >= 11 is 11.4. The fourth-order valence-corrected chi connectivity index (χ4v) is 1.60. The molecule has 18 heavy (non-hydrogen) atoms. The third kappa shape index (κ3) is 3.42. The summed E-state index contributed by atoms with van der Waals surface area (Å²) in [4.78, 5) is 19.4. The SMILES string of the molecule is O=C(NCc1ccc(Cl)cc1)c1cncc(Cl)n1. The van der Waals surface area contributed by atoms with E-state index in [0.717, 1.165) is 5.56 Å². The van der Waals surface area contributed by atoms with Crippen LogP contribution in [-0.2, 0) is 6.54 Å². The Labute approximate surface area is 114 Å². The fraction of sp³-hybridized carbons (Fsp3) is 0.0833. The summed E-state index contributed by atoms with van der Waals surface area (Å²) in [7, 11) is 0. The predicted molar refractivity (Wildman–Crippen MR) is 69.7 cm³/mol. The van der Waals surface area contributed by atoms with Crippen LogP contribution in [0, 0.1) is 0 Å². The van der Waals surface area contributed by atoms with Gasteiger partial charge in [0.25, 0.3) is 5.91 Å². The lowest BCUT2D eigenvalue weighted by atomic mass is 10.2. The molecule has 0 aliphatic carbocycles. The smallest absolute Gasteiger partial charge is 0.271 e. The van der Waals surface area contributed by atoms with Crippen molar-refractivity contribution in [3.05, 3.63) is 58.1 Å². The van der Waals surface area contributed by atoms with Crippen molar-refractivity contribution < 1.29 is 4.79 Å².